The maximum atomic E-state index is 10.2. The van der Waals surface area contributed by atoms with Crippen LogP contribution in [-0.2, 0) is 25.6 Å². The Balaban J connectivity index is 0. The van der Waals surface area contributed by atoms with Gasteiger partial charge in [0.1, 0.15) is 0 Å². The average molecular weight is 229 g/mol. The molecule has 0 spiro atoms. The minimum Gasteiger partial charge on any atom is -0.855 e. The summed E-state index contributed by atoms with van der Waals surface area (Å²) in [4.78, 5) is 16.0. The SMILES string of the molecule is O=P(O)(O)OCC([O-])C[O-].[Ni+2]. The maximum Gasteiger partial charge on any atom is 2.00 e. The van der Waals surface area contributed by atoms with Crippen LogP contribution in [0, 0.1) is 0 Å². The summed E-state index contributed by atoms with van der Waals surface area (Å²) in [7, 11) is -4.57. The molecule has 70 valence electrons. The molecule has 0 aromatic carbocycles. The van der Waals surface area contributed by atoms with Crippen molar-refractivity contribution in [2.45, 2.75) is 6.10 Å². The fourth-order valence-corrected chi connectivity index (χ4v) is 0.589. The summed E-state index contributed by atoms with van der Waals surface area (Å²) in [6.45, 7) is -1.69. The third kappa shape index (κ3) is 10.5. The third-order valence-corrected chi connectivity index (χ3v) is 1.10. The molecule has 0 saturated heterocycles. The normalized spacial score (nSPS) is 13.8. The summed E-state index contributed by atoms with van der Waals surface area (Å²) < 4.78 is 13.6. The van der Waals surface area contributed by atoms with Crippen molar-refractivity contribution in [2.24, 2.45) is 0 Å². The molecule has 6 nitrogen and oxygen atoms in total. The molecule has 0 aromatic heterocycles. The molecule has 0 aliphatic rings. The van der Waals surface area contributed by atoms with Crippen LogP contribution >= 0.6 is 7.82 Å². The Labute approximate surface area is 73.4 Å². The van der Waals surface area contributed by atoms with Gasteiger partial charge < -0.3 is 20.0 Å². The number of phosphoric acid groups is 1. The van der Waals surface area contributed by atoms with Gasteiger partial charge in [-0.1, -0.05) is 0 Å². The molecule has 0 aliphatic carbocycles. The van der Waals surface area contributed by atoms with Gasteiger partial charge in [0.25, 0.3) is 0 Å². The quantitative estimate of drug-likeness (QED) is 0.397. The summed E-state index contributed by atoms with van der Waals surface area (Å²) in [5.41, 5.74) is 0. The van der Waals surface area contributed by atoms with Gasteiger partial charge in [-0.25, -0.2) is 4.57 Å². The van der Waals surface area contributed by atoms with Crippen LogP contribution in [0.3, 0.4) is 0 Å². The molecule has 0 aromatic rings. The van der Waals surface area contributed by atoms with Crippen LogP contribution < -0.4 is 10.2 Å². The maximum absolute atomic E-state index is 10.2. The van der Waals surface area contributed by atoms with Crippen LogP contribution in [-0.4, -0.2) is 29.1 Å². The molecule has 0 bridgehead atoms. The Morgan fingerprint density at radius 1 is 1.55 bits per heavy atom. The number of hydrogen-bond acceptors (Lipinski definition) is 4. The van der Waals surface area contributed by atoms with Crippen molar-refractivity contribution in [3.8, 4) is 0 Å². The molecule has 0 aliphatic heterocycles. The summed E-state index contributed by atoms with van der Waals surface area (Å²) in [5, 5.41) is 19.9. The number of phosphoric ester groups is 1. The number of rotatable bonds is 4. The molecule has 0 saturated carbocycles. The molecule has 0 amide bonds. The molecular weight excluding hydrogens is 222 g/mol. The first-order valence-corrected chi connectivity index (χ1v) is 3.92. The van der Waals surface area contributed by atoms with Gasteiger partial charge in [0.15, 0.2) is 0 Å². The van der Waals surface area contributed by atoms with Gasteiger partial charge in [0.2, 0.25) is 0 Å². The Kier molecular flexibility index (Phi) is 7.78. The van der Waals surface area contributed by atoms with Crippen LogP contribution in [0.1, 0.15) is 0 Å². The molecule has 11 heavy (non-hydrogen) atoms. The average Bonchev–Trinajstić information content (AvgIpc) is 1.81. The van der Waals surface area contributed by atoms with Gasteiger partial charge in [-0.05, 0) is 0 Å². The molecule has 0 rings (SSSR count). The Bertz CT molecular complexity index is 134. The predicted molar refractivity (Wildman–Crippen MR) is 26.7 cm³/mol. The van der Waals surface area contributed by atoms with Crippen molar-refractivity contribution in [1.29, 1.82) is 0 Å². The monoisotopic (exact) mass is 228 g/mol. The van der Waals surface area contributed by atoms with Crippen molar-refractivity contribution in [1.82, 2.24) is 0 Å². The second kappa shape index (κ2) is 6.09. The van der Waals surface area contributed by atoms with E-state index in [2.05, 4.69) is 4.52 Å². The summed E-state index contributed by atoms with van der Waals surface area (Å²) in [6, 6.07) is 0. The van der Waals surface area contributed by atoms with Crippen molar-refractivity contribution in [3.63, 3.8) is 0 Å². The van der Waals surface area contributed by atoms with Crippen LogP contribution in [0.4, 0.5) is 0 Å². The molecule has 0 heterocycles. The van der Waals surface area contributed by atoms with E-state index in [0.717, 1.165) is 0 Å². The minimum atomic E-state index is -4.57. The standard InChI is InChI=1S/C3H7O6P.Ni/c4-1-3(5)2-9-10(6,7)8;/h3H,1-2H2,(H2,6,7,8);/q-2;+2. The molecule has 1 unspecified atom stereocenters. The van der Waals surface area contributed by atoms with E-state index in [9.17, 15) is 14.8 Å². The molecule has 8 heteroatoms. The Morgan fingerprint density at radius 3 is 2.27 bits per heavy atom. The van der Waals surface area contributed by atoms with Crippen molar-refractivity contribution < 1.29 is 45.6 Å². The van der Waals surface area contributed by atoms with Crippen molar-refractivity contribution >= 4 is 7.82 Å². The van der Waals surface area contributed by atoms with Crippen LogP contribution in [0.2, 0.25) is 0 Å². The molecule has 2 N–H and O–H groups in total. The zero-order chi connectivity index (χ0) is 8.20. The molecule has 1 atom stereocenters. The first kappa shape index (κ1) is 14.1. The van der Waals surface area contributed by atoms with E-state index < -0.39 is 27.1 Å². The van der Waals surface area contributed by atoms with Crippen LogP contribution in [0.25, 0.3) is 0 Å². The third-order valence-electron chi connectivity index (χ3n) is 0.614. The minimum absolute atomic E-state index is 0. The fourth-order valence-electron chi connectivity index (χ4n) is 0.228. The Morgan fingerprint density at radius 2 is 2.00 bits per heavy atom. The van der Waals surface area contributed by atoms with Gasteiger partial charge in [0, 0.05) is 6.61 Å². The van der Waals surface area contributed by atoms with E-state index in [1.807, 2.05) is 0 Å². The molecule has 0 radical (unpaired) electrons. The van der Waals surface area contributed by atoms with Crippen LogP contribution in [0.5, 0.6) is 0 Å². The van der Waals surface area contributed by atoms with Gasteiger partial charge in [-0.3, -0.25) is 4.52 Å². The second-order valence-corrected chi connectivity index (χ2v) is 2.81. The molecule has 0 fully saturated rings. The first-order chi connectivity index (χ1) is 4.45. The zero-order valence-corrected chi connectivity index (χ0v) is 7.16. The van der Waals surface area contributed by atoms with Gasteiger partial charge in [-0.2, -0.15) is 6.61 Å². The second-order valence-electron chi connectivity index (χ2n) is 1.58. The van der Waals surface area contributed by atoms with Gasteiger partial charge in [0.05, 0.1) is 0 Å². The summed E-state index contributed by atoms with van der Waals surface area (Å²) >= 11 is 0. The fraction of sp³-hybridized carbons (Fsp3) is 1.00. The first-order valence-electron chi connectivity index (χ1n) is 2.39. The van der Waals surface area contributed by atoms with E-state index in [1.165, 1.54) is 0 Å². The summed E-state index contributed by atoms with van der Waals surface area (Å²) in [6.07, 6.45) is -1.60. The van der Waals surface area contributed by atoms with E-state index >= 15 is 0 Å². The largest absolute Gasteiger partial charge is 2.00 e. The topological polar surface area (TPSA) is 113 Å². The molecular formula is C3H7NiO6P. The van der Waals surface area contributed by atoms with Crippen LogP contribution in [0.15, 0.2) is 0 Å². The predicted octanol–water partition coefficient (Wildman–Crippen LogP) is -2.82. The van der Waals surface area contributed by atoms with E-state index in [0.29, 0.717) is 0 Å². The van der Waals surface area contributed by atoms with Gasteiger partial charge in [-0.15, -0.1) is 6.10 Å². The Hall–Kier alpha value is 0.524. The smallest absolute Gasteiger partial charge is 0.855 e. The zero-order valence-electron chi connectivity index (χ0n) is 5.28. The van der Waals surface area contributed by atoms with Crippen molar-refractivity contribution in [2.75, 3.05) is 13.2 Å². The van der Waals surface area contributed by atoms with Crippen molar-refractivity contribution in [3.05, 3.63) is 0 Å². The van der Waals surface area contributed by atoms with E-state index in [-0.39, 0.29) is 16.5 Å². The summed E-state index contributed by atoms with van der Waals surface area (Å²) in [5.74, 6) is 0. The number of hydrogen-bond donors (Lipinski definition) is 2. The van der Waals surface area contributed by atoms with Gasteiger partial charge >= 0.3 is 24.3 Å². The van der Waals surface area contributed by atoms with E-state index in [4.69, 9.17) is 9.79 Å². The van der Waals surface area contributed by atoms with E-state index in [1.54, 1.807) is 0 Å².